The molecule has 31 heavy (non-hydrogen) atoms. The highest BCUT2D eigenvalue weighted by Gasteiger charge is 2.26. The first-order chi connectivity index (χ1) is 15.2. The average Bonchev–Trinajstić information content (AvgIpc) is 3.25. The highest BCUT2D eigenvalue weighted by Crippen LogP contribution is 2.34. The number of carbonyl (C=O) groups is 1. The van der Waals surface area contributed by atoms with Gasteiger partial charge in [0.05, 0.1) is 22.8 Å². The first-order valence-electron chi connectivity index (χ1n) is 11.6. The van der Waals surface area contributed by atoms with Crippen LogP contribution < -0.4 is 15.5 Å². The Hall–Kier alpha value is -1.89. The van der Waals surface area contributed by atoms with Crippen molar-refractivity contribution in [2.24, 2.45) is 5.92 Å². The highest BCUT2D eigenvalue weighted by molar-refractivity contribution is 6.35. The number of carbonyl (C=O) groups excluding carboxylic acids is 1. The second-order valence-electron chi connectivity index (χ2n) is 8.83. The van der Waals surface area contributed by atoms with E-state index in [1.165, 1.54) is 19.3 Å². The third-order valence-electron chi connectivity index (χ3n) is 6.61. The lowest BCUT2D eigenvalue weighted by Crippen LogP contribution is -2.39. The number of nitrogens with one attached hydrogen (secondary N) is 2. The zero-order chi connectivity index (χ0) is 21.6. The fraction of sp³-hybridized carbons (Fsp3) is 0.583. The highest BCUT2D eigenvalue weighted by atomic mass is 35.5. The number of rotatable bonds is 8. The van der Waals surface area contributed by atoms with E-state index in [0.717, 1.165) is 55.5 Å². The topological polar surface area (TPSA) is 77.5 Å². The summed E-state index contributed by atoms with van der Waals surface area (Å²) in [5.74, 6) is 1.47. The van der Waals surface area contributed by atoms with Gasteiger partial charge in [-0.2, -0.15) is 0 Å². The number of hydrogen-bond acceptors (Lipinski definition) is 5. The smallest absolute Gasteiger partial charge is 0.224 e. The van der Waals surface area contributed by atoms with Gasteiger partial charge < -0.3 is 20.6 Å². The molecule has 0 bridgehead atoms. The van der Waals surface area contributed by atoms with Gasteiger partial charge in [0.1, 0.15) is 5.82 Å². The van der Waals surface area contributed by atoms with Crippen LogP contribution in [0.1, 0.15) is 51.4 Å². The number of aliphatic hydroxyl groups is 1. The summed E-state index contributed by atoms with van der Waals surface area (Å²) in [6, 6.07) is 8.17. The van der Waals surface area contributed by atoms with Gasteiger partial charge >= 0.3 is 0 Å². The van der Waals surface area contributed by atoms with Crippen molar-refractivity contribution in [3.63, 3.8) is 0 Å². The molecule has 168 valence electrons. The molecule has 1 aromatic heterocycles. The quantitative estimate of drug-likeness (QED) is 0.527. The van der Waals surface area contributed by atoms with Crippen LogP contribution in [-0.4, -0.2) is 48.3 Å². The van der Waals surface area contributed by atoms with E-state index in [1.807, 2.05) is 24.3 Å². The minimum absolute atomic E-state index is 0.0416. The molecule has 1 aromatic carbocycles. The van der Waals surface area contributed by atoms with Crippen LogP contribution in [0.4, 0.5) is 11.5 Å². The third kappa shape index (κ3) is 5.48. The van der Waals surface area contributed by atoms with Crippen LogP contribution >= 0.6 is 11.6 Å². The predicted molar refractivity (Wildman–Crippen MR) is 127 cm³/mol. The maximum Gasteiger partial charge on any atom is 0.224 e. The molecule has 1 aliphatic heterocycles. The maximum atomic E-state index is 12.7. The summed E-state index contributed by atoms with van der Waals surface area (Å²) < 4.78 is 0. The van der Waals surface area contributed by atoms with Gasteiger partial charge in [-0.25, -0.2) is 4.98 Å². The van der Waals surface area contributed by atoms with Gasteiger partial charge in [-0.3, -0.25) is 4.79 Å². The standard InChI is InChI=1S/C24H33ClN4O2/c25-20-9-10-21-19(24(20)28-23(31)15-17-5-2-1-3-6-17)8-11-22(27-21)29-13-4-7-18(29)16-26-12-14-30/h8-11,17-18,26,30H,1-7,12-16H2,(H,28,31). The summed E-state index contributed by atoms with van der Waals surface area (Å²) in [6.07, 6.45) is 8.84. The molecule has 1 amide bonds. The van der Waals surface area contributed by atoms with Gasteiger partial charge in [0, 0.05) is 37.5 Å². The number of aliphatic hydroxyl groups excluding tert-OH is 1. The Balaban J connectivity index is 1.50. The lowest BCUT2D eigenvalue weighted by Gasteiger charge is -2.26. The summed E-state index contributed by atoms with van der Waals surface area (Å²) in [6.45, 7) is 2.57. The van der Waals surface area contributed by atoms with E-state index in [9.17, 15) is 4.79 Å². The Morgan fingerprint density at radius 2 is 1.97 bits per heavy atom. The molecule has 1 saturated heterocycles. The second kappa shape index (κ2) is 10.6. The van der Waals surface area contributed by atoms with Crippen LogP contribution in [0.3, 0.4) is 0 Å². The van der Waals surface area contributed by atoms with E-state index < -0.39 is 0 Å². The Morgan fingerprint density at radius 1 is 1.13 bits per heavy atom. The average molecular weight is 445 g/mol. The molecule has 4 rings (SSSR count). The Labute approximate surface area is 189 Å². The number of anilines is 2. The van der Waals surface area contributed by atoms with Gasteiger partial charge in [-0.05, 0) is 55.9 Å². The van der Waals surface area contributed by atoms with Crippen molar-refractivity contribution in [1.82, 2.24) is 10.3 Å². The van der Waals surface area contributed by atoms with Crippen molar-refractivity contribution in [1.29, 1.82) is 0 Å². The van der Waals surface area contributed by atoms with Crippen LogP contribution in [0, 0.1) is 5.92 Å². The molecule has 2 aliphatic rings. The molecule has 0 spiro atoms. The maximum absolute atomic E-state index is 12.7. The van der Waals surface area contributed by atoms with Crippen molar-refractivity contribution >= 4 is 39.9 Å². The molecule has 1 atom stereocenters. The number of pyridine rings is 1. The Morgan fingerprint density at radius 3 is 2.77 bits per heavy atom. The van der Waals surface area contributed by atoms with Crippen LogP contribution in [0.5, 0.6) is 0 Å². The number of nitrogens with zero attached hydrogens (tertiary/aromatic N) is 2. The van der Waals surface area contributed by atoms with E-state index >= 15 is 0 Å². The summed E-state index contributed by atoms with van der Waals surface area (Å²) in [7, 11) is 0. The summed E-state index contributed by atoms with van der Waals surface area (Å²) in [5.41, 5.74) is 1.51. The zero-order valence-electron chi connectivity index (χ0n) is 18.1. The molecule has 2 heterocycles. The van der Waals surface area contributed by atoms with E-state index in [0.29, 0.717) is 35.6 Å². The molecule has 1 unspecified atom stereocenters. The van der Waals surface area contributed by atoms with Crippen molar-refractivity contribution in [2.45, 2.75) is 57.4 Å². The van der Waals surface area contributed by atoms with Crippen LogP contribution in [0.25, 0.3) is 10.9 Å². The predicted octanol–water partition coefficient (Wildman–Crippen LogP) is 4.35. The van der Waals surface area contributed by atoms with Gasteiger partial charge in [-0.15, -0.1) is 0 Å². The van der Waals surface area contributed by atoms with Crippen molar-refractivity contribution in [3.05, 3.63) is 29.3 Å². The lowest BCUT2D eigenvalue weighted by atomic mass is 9.87. The number of halogens is 1. The summed E-state index contributed by atoms with van der Waals surface area (Å²) in [5, 5.41) is 16.8. The fourth-order valence-electron chi connectivity index (χ4n) is 4.99. The van der Waals surface area contributed by atoms with Crippen LogP contribution in [-0.2, 0) is 4.79 Å². The number of aromatic nitrogens is 1. The first-order valence-corrected chi connectivity index (χ1v) is 12.0. The largest absolute Gasteiger partial charge is 0.395 e. The molecule has 2 aromatic rings. The summed E-state index contributed by atoms with van der Waals surface area (Å²) >= 11 is 6.47. The van der Waals surface area contributed by atoms with Crippen molar-refractivity contribution in [2.75, 3.05) is 36.5 Å². The first kappa shape index (κ1) is 22.3. The Bertz CT molecular complexity index is 901. The summed E-state index contributed by atoms with van der Waals surface area (Å²) in [4.78, 5) is 19.9. The Kier molecular flexibility index (Phi) is 7.64. The molecule has 3 N–H and O–H groups in total. The second-order valence-corrected chi connectivity index (χ2v) is 9.24. The monoisotopic (exact) mass is 444 g/mol. The minimum Gasteiger partial charge on any atom is -0.395 e. The molecule has 6 nitrogen and oxygen atoms in total. The molecule has 1 saturated carbocycles. The molecule has 2 fully saturated rings. The molecule has 1 aliphatic carbocycles. The van der Waals surface area contributed by atoms with E-state index in [4.69, 9.17) is 21.7 Å². The SMILES string of the molecule is O=C(CC1CCCCC1)Nc1c(Cl)ccc2nc(N3CCCC3CNCCO)ccc12. The zero-order valence-corrected chi connectivity index (χ0v) is 18.8. The van der Waals surface area contributed by atoms with Gasteiger partial charge in [0.2, 0.25) is 5.91 Å². The van der Waals surface area contributed by atoms with Crippen LogP contribution in [0.15, 0.2) is 24.3 Å². The molecule has 7 heteroatoms. The lowest BCUT2D eigenvalue weighted by molar-refractivity contribution is -0.117. The van der Waals surface area contributed by atoms with Crippen LogP contribution in [0.2, 0.25) is 5.02 Å². The van der Waals surface area contributed by atoms with E-state index in [-0.39, 0.29) is 12.5 Å². The van der Waals surface area contributed by atoms with Gasteiger partial charge in [0.15, 0.2) is 0 Å². The fourth-order valence-corrected chi connectivity index (χ4v) is 5.21. The third-order valence-corrected chi connectivity index (χ3v) is 6.92. The van der Waals surface area contributed by atoms with Gasteiger partial charge in [0.25, 0.3) is 0 Å². The minimum atomic E-state index is 0.0416. The van der Waals surface area contributed by atoms with Gasteiger partial charge in [-0.1, -0.05) is 30.9 Å². The number of benzene rings is 1. The van der Waals surface area contributed by atoms with E-state index in [2.05, 4.69) is 15.5 Å². The molecular formula is C24H33ClN4O2. The number of hydrogen-bond donors (Lipinski definition) is 3. The molecule has 0 radical (unpaired) electrons. The number of fused-ring (bicyclic) bond motifs is 1. The normalized spacial score (nSPS) is 19.8. The van der Waals surface area contributed by atoms with E-state index in [1.54, 1.807) is 0 Å². The molecular weight excluding hydrogens is 412 g/mol. The number of amides is 1. The van der Waals surface area contributed by atoms with Crippen molar-refractivity contribution < 1.29 is 9.90 Å². The van der Waals surface area contributed by atoms with Crippen molar-refractivity contribution in [3.8, 4) is 0 Å².